The average molecular weight is 644 g/mol. The third-order valence-corrected chi connectivity index (χ3v) is 10.0. The van der Waals surface area contributed by atoms with Gasteiger partial charge in [0.2, 0.25) is 20.0 Å². The summed E-state index contributed by atoms with van der Waals surface area (Å²) in [7, 11) is -4.18. The Balaban J connectivity index is 1.55. The van der Waals surface area contributed by atoms with E-state index in [0.29, 0.717) is 45.0 Å². The van der Waals surface area contributed by atoms with E-state index in [2.05, 4.69) is 5.32 Å². The quantitative estimate of drug-likeness (QED) is 0.222. The zero-order chi connectivity index (χ0) is 31.8. The number of carbonyl (C=O) groups is 1. The van der Waals surface area contributed by atoms with Crippen LogP contribution in [0.2, 0.25) is 0 Å². The summed E-state index contributed by atoms with van der Waals surface area (Å²) in [6.45, 7) is 0.216. The van der Waals surface area contributed by atoms with Gasteiger partial charge in [-0.05, 0) is 85.3 Å². The number of nitrogens with one attached hydrogen (secondary N) is 1. The molecule has 4 aromatic rings. The lowest BCUT2D eigenvalue weighted by atomic mass is 10.0. The molecule has 0 aliphatic heterocycles. The van der Waals surface area contributed by atoms with Gasteiger partial charge in [0.15, 0.2) is 0 Å². The number of amides is 1. The monoisotopic (exact) mass is 643 g/mol. The van der Waals surface area contributed by atoms with Gasteiger partial charge >= 0.3 is 0 Å². The lowest BCUT2D eigenvalue weighted by molar-refractivity contribution is 0.0964. The summed E-state index contributed by atoms with van der Waals surface area (Å²) >= 11 is 0. The lowest BCUT2D eigenvalue weighted by Crippen LogP contribution is -2.34. The maximum absolute atomic E-state index is 13.3. The molecule has 0 atom stereocenters. The predicted octanol–water partition coefficient (Wildman–Crippen LogP) is 5.32. The van der Waals surface area contributed by atoms with Crippen LogP contribution in [0.3, 0.4) is 0 Å². The predicted molar refractivity (Wildman–Crippen MR) is 168 cm³/mol. The van der Waals surface area contributed by atoms with Crippen LogP contribution in [-0.2, 0) is 20.0 Å². The summed E-state index contributed by atoms with van der Waals surface area (Å²) in [5.41, 5.74) is 2.51. The molecule has 0 radical (unpaired) electrons. The molecule has 44 heavy (non-hydrogen) atoms. The molecule has 1 aliphatic rings. The van der Waals surface area contributed by atoms with Gasteiger partial charge in [0, 0.05) is 44.2 Å². The van der Waals surface area contributed by atoms with Crippen LogP contribution < -0.4 is 14.4 Å². The van der Waals surface area contributed by atoms with E-state index in [-0.39, 0.29) is 37.2 Å². The average Bonchev–Trinajstić information content (AvgIpc) is 3.75. The summed E-state index contributed by atoms with van der Waals surface area (Å²) in [6.07, 6.45) is 4.25. The Bertz CT molecular complexity index is 1900. The first kappa shape index (κ1) is 31.5. The number of anilines is 1. The van der Waals surface area contributed by atoms with Crippen LogP contribution in [0, 0.1) is 5.82 Å². The van der Waals surface area contributed by atoms with Gasteiger partial charge in [0.1, 0.15) is 28.7 Å². The number of carbonyl (C=O) groups excluding carboxylic acids is 1. The van der Waals surface area contributed by atoms with Crippen LogP contribution in [0.4, 0.5) is 10.1 Å². The Morgan fingerprint density at radius 2 is 1.57 bits per heavy atom. The molecule has 1 fully saturated rings. The fourth-order valence-electron chi connectivity index (χ4n) is 5.02. The first-order chi connectivity index (χ1) is 20.8. The Morgan fingerprint density at radius 3 is 2.11 bits per heavy atom. The molecule has 13 heteroatoms. The molecule has 1 N–H and O–H groups in total. The number of halogens is 1. The summed E-state index contributed by atoms with van der Waals surface area (Å²) in [5, 5.41) is 3.24. The molecule has 0 saturated heterocycles. The van der Waals surface area contributed by atoms with Crippen molar-refractivity contribution in [2.75, 3.05) is 44.0 Å². The molecule has 5 rings (SSSR count). The molecular weight excluding hydrogens is 609 g/mol. The van der Waals surface area contributed by atoms with E-state index in [1.807, 2.05) is 6.07 Å². The Labute approximate surface area is 256 Å². The third kappa shape index (κ3) is 6.90. The van der Waals surface area contributed by atoms with Crippen molar-refractivity contribution in [2.45, 2.75) is 25.2 Å². The first-order valence-electron chi connectivity index (χ1n) is 14.0. The van der Waals surface area contributed by atoms with Crippen LogP contribution in [0.25, 0.3) is 22.3 Å². The van der Waals surface area contributed by atoms with Crippen molar-refractivity contribution in [1.82, 2.24) is 9.62 Å². The van der Waals surface area contributed by atoms with Crippen molar-refractivity contribution in [3.63, 3.8) is 0 Å². The van der Waals surface area contributed by atoms with Gasteiger partial charge in [0.25, 0.3) is 5.91 Å². The highest BCUT2D eigenvalue weighted by atomic mass is 32.2. The number of benzene rings is 3. The SMILES string of the molecule is CNC(=O)c1c(-c2ccc(Oc3ccc(F)cc3)cc2)oc2cc(N(CCCN(C)S(C)(=O)=O)S(C)(=O)=O)c(C3CC3)cc12. The van der Waals surface area contributed by atoms with E-state index in [1.165, 1.54) is 47.0 Å². The van der Waals surface area contributed by atoms with Gasteiger partial charge in [-0.3, -0.25) is 9.10 Å². The number of fused-ring (bicyclic) bond motifs is 1. The molecule has 10 nitrogen and oxygen atoms in total. The molecule has 1 aliphatic carbocycles. The number of hydrogen-bond acceptors (Lipinski definition) is 7. The molecule has 1 amide bonds. The van der Waals surface area contributed by atoms with E-state index in [9.17, 15) is 26.0 Å². The highest BCUT2D eigenvalue weighted by Gasteiger charge is 2.33. The van der Waals surface area contributed by atoms with Crippen molar-refractivity contribution < 1.29 is 35.2 Å². The Kier molecular flexibility index (Phi) is 8.74. The number of furan rings is 1. The van der Waals surface area contributed by atoms with E-state index in [4.69, 9.17) is 9.15 Å². The molecule has 0 unspecified atom stereocenters. The zero-order valence-electron chi connectivity index (χ0n) is 24.8. The van der Waals surface area contributed by atoms with Gasteiger partial charge in [-0.1, -0.05) is 0 Å². The van der Waals surface area contributed by atoms with Gasteiger partial charge in [-0.2, -0.15) is 0 Å². The van der Waals surface area contributed by atoms with Crippen molar-refractivity contribution in [1.29, 1.82) is 0 Å². The van der Waals surface area contributed by atoms with E-state index in [1.54, 1.807) is 30.3 Å². The smallest absolute Gasteiger partial charge is 0.255 e. The van der Waals surface area contributed by atoms with Crippen LogP contribution in [0.1, 0.15) is 41.1 Å². The number of hydrogen-bond donors (Lipinski definition) is 1. The van der Waals surface area contributed by atoms with Gasteiger partial charge in [0.05, 0.1) is 23.8 Å². The number of sulfonamides is 2. The van der Waals surface area contributed by atoms with Crippen LogP contribution in [0.15, 0.2) is 65.1 Å². The second-order valence-corrected chi connectivity index (χ2v) is 14.9. The van der Waals surface area contributed by atoms with Crippen LogP contribution in [-0.4, -0.2) is 66.7 Å². The van der Waals surface area contributed by atoms with Gasteiger partial charge in [-0.25, -0.2) is 25.5 Å². The number of nitrogens with zero attached hydrogens (tertiary/aromatic N) is 2. The fraction of sp³-hybridized carbons (Fsp3) is 0.323. The summed E-state index contributed by atoms with van der Waals surface area (Å²) in [6, 6.07) is 16.0. The summed E-state index contributed by atoms with van der Waals surface area (Å²) in [4.78, 5) is 13.2. The largest absolute Gasteiger partial charge is 0.457 e. The Hall–Kier alpha value is -3.94. The molecular formula is C31H34FN3O7S2. The van der Waals surface area contributed by atoms with Gasteiger partial charge < -0.3 is 14.5 Å². The second-order valence-electron chi connectivity index (χ2n) is 10.9. The molecule has 1 aromatic heterocycles. The van der Waals surface area contributed by atoms with Crippen molar-refractivity contribution in [3.8, 4) is 22.8 Å². The van der Waals surface area contributed by atoms with Crippen molar-refractivity contribution in [3.05, 3.63) is 77.6 Å². The van der Waals surface area contributed by atoms with Gasteiger partial charge in [-0.15, -0.1) is 0 Å². The molecule has 1 heterocycles. The molecule has 1 saturated carbocycles. The van der Waals surface area contributed by atoms with Crippen molar-refractivity contribution in [2.24, 2.45) is 0 Å². The minimum atomic E-state index is -3.75. The van der Waals surface area contributed by atoms with Crippen LogP contribution >= 0.6 is 0 Å². The highest BCUT2D eigenvalue weighted by molar-refractivity contribution is 7.92. The highest BCUT2D eigenvalue weighted by Crippen LogP contribution is 2.48. The maximum atomic E-state index is 13.3. The lowest BCUT2D eigenvalue weighted by Gasteiger charge is -2.26. The first-order valence-corrected chi connectivity index (χ1v) is 17.7. The van der Waals surface area contributed by atoms with E-state index < -0.39 is 20.0 Å². The fourth-order valence-corrected chi connectivity index (χ4v) is 6.46. The summed E-state index contributed by atoms with van der Waals surface area (Å²) < 4.78 is 77.6. The van der Waals surface area contributed by atoms with Crippen LogP contribution in [0.5, 0.6) is 11.5 Å². The topological polar surface area (TPSA) is 126 Å². The molecule has 3 aromatic carbocycles. The maximum Gasteiger partial charge on any atom is 0.255 e. The molecule has 0 spiro atoms. The number of ether oxygens (including phenoxy) is 1. The zero-order valence-corrected chi connectivity index (χ0v) is 26.5. The molecule has 0 bridgehead atoms. The van der Waals surface area contributed by atoms with E-state index in [0.717, 1.165) is 30.9 Å². The van der Waals surface area contributed by atoms with E-state index >= 15 is 0 Å². The number of rotatable bonds is 12. The minimum Gasteiger partial charge on any atom is -0.457 e. The third-order valence-electron chi connectivity index (χ3n) is 7.54. The second kappa shape index (κ2) is 12.2. The van der Waals surface area contributed by atoms with Crippen molar-refractivity contribution >= 4 is 42.6 Å². The molecule has 234 valence electrons. The minimum absolute atomic E-state index is 0.0648. The summed E-state index contributed by atoms with van der Waals surface area (Å²) in [5.74, 6) is 0.674. The Morgan fingerprint density at radius 1 is 0.955 bits per heavy atom. The normalized spacial score (nSPS) is 13.8. The standard InChI is InChI=1S/C31H34FN3O7S2/c1-33-31(36)29-26-18-25(20-6-7-20)27(35(44(4,39)40)17-5-16-34(2)43(3,37)38)19-28(26)42-30(29)21-8-12-23(13-9-21)41-24-14-10-22(32)11-15-24/h8-15,18-20H,5-7,16-17H2,1-4H3,(H,33,36).